The first-order chi connectivity index (χ1) is 17.0. The predicted octanol–water partition coefficient (Wildman–Crippen LogP) is 2.34. The van der Waals surface area contributed by atoms with Gasteiger partial charge in [0.2, 0.25) is 11.4 Å². The first-order valence-electron chi connectivity index (χ1n) is 11.0. The van der Waals surface area contributed by atoms with E-state index in [0.29, 0.717) is 25.2 Å². The van der Waals surface area contributed by atoms with Crippen molar-refractivity contribution in [1.29, 1.82) is 0 Å². The number of rotatable bonds is 5. The number of guanidine groups is 1. The van der Waals surface area contributed by atoms with Crippen LogP contribution in [0.15, 0.2) is 56.7 Å². The number of pyridine rings is 1. The zero-order valence-electron chi connectivity index (χ0n) is 19.2. The molecule has 0 aliphatic carbocycles. The van der Waals surface area contributed by atoms with Gasteiger partial charge in [-0.25, -0.2) is 9.18 Å². The van der Waals surface area contributed by atoms with E-state index < -0.39 is 32.8 Å². The van der Waals surface area contributed by atoms with E-state index in [2.05, 4.69) is 4.40 Å². The number of hydrogen-bond donors (Lipinski definition) is 2. The van der Waals surface area contributed by atoms with Crippen molar-refractivity contribution in [2.75, 3.05) is 31.1 Å². The molecule has 0 amide bonds. The molecule has 0 unspecified atom stereocenters. The third-order valence-electron chi connectivity index (χ3n) is 5.99. The number of piperazine rings is 1. The average molecular weight is 536 g/mol. The molecule has 0 bridgehead atoms. The second-order valence-electron chi connectivity index (χ2n) is 8.11. The second-order valence-corrected chi connectivity index (χ2v) is 10.1. The molecule has 1 fully saturated rings. The highest BCUT2D eigenvalue weighted by Crippen LogP contribution is 2.27. The quantitative estimate of drug-likeness (QED) is 0.375. The average Bonchev–Trinajstić information content (AvgIpc) is 2.84. The lowest BCUT2D eigenvalue weighted by Crippen LogP contribution is -2.51. The molecule has 0 spiro atoms. The Hall–Kier alpha value is -3.64. The Bertz CT molecular complexity index is 1550. The molecule has 0 radical (unpaired) electrons. The third kappa shape index (κ3) is 4.73. The number of carboxylic acids is 1. The van der Waals surface area contributed by atoms with E-state index in [1.807, 2.05) is 0 Å². The molecule has 10 nitrogen and oxygen atoms in total. The van der Waals surface area contributed by atoms with E-state index in [-0.39, 0.29) is 40.0 Å². The van der Waals surface area contributed by atoms with Crippen molar-refractivity contribution < 1.29 is 22.7 Å². The molecule has 1 aliphatic heterocycles. The summed E-state index contributed by atoms with van der Waals surface area (Å²) in [5, 5.41) is 9.33. The van der Waals surface area contributed by atoms with Crippen LogP contribution in [0.2, 0.25) is 5.02 Å². The van der Waals surface area contributed by atoms with Crippen LogP contribution in [0.1, 0.15) is 17.3 Å². The highest BCUT2D eigenvalue weighted by atomic mass is 35.5. The van der Waals surface area contributed by atoms with Crippen molar-refractivity contribution in [3.63, 3.8) is 0 Å². The number of carbonyl (C=O) groups is 1. The first kappa shape index (κ1) is 25.5. The molecule has 2 aromatic carbocycles. The van der Waals surface area contributed by atoms with Crippen LogP contribution < -0.4 is 16.1 Å². The number of halogens is 2. The van der Waals surface area contributed by atoms with Gasteiger partial charge in [-0.1, -0.05) is 23.7 Å². The fourth-order valence-corrected chi connectivity index (χ4v) is 5.57. The van der Waals surface area contributed by atoms with Crippen molar-refractivity contribution in [3.05, 3.63) is 69.2 Å². The molecule has 0 atom stereocenters. The molecule has 2 heterocycles. The lowest BCUT2D eigenvalue weighted by molar-refractivity contribution is 0.0695. The summed E-state index contributed by atoms with van der Waals surface area (Å²) in [7, 11) is -4.12. The van der Waals surface area contributed by atoms with Crippen LogP contribution in [-0.2, 0) is 16.6 Å². The Morgan fingerprint density at radius 1 is 1.19 bits per heavy atom. The summed E-state index contributed by atoms with van der Waals surface area (Å²) in [5.74, 6) is -2.24. The molecule has 3 aromatic rings. The Kier molecular flexibility index (Phi) is 6.92. The Morgan fingerprint density at radius 3 is 2.47 bits per heavy atom. The lowest BCUT2D eigenvalue weighted by Gasteiger charge is -2.36. The SMILES string of the molecule is CCn1cc(C(=O)O)c(=O)c2cc(F)c(N3CCN(/C(N)=N/S(=O)(=O)c4ccccc4Cl)CC3)cc21. The Labute approximate surface area is 211 Å². The van der Waals surface area contributed by atoms with Crippen molar-refractivity contribution >= 4 is 50.1 Å². The number of anilines is 1. The molecule has 1 aliphatic rings. The summed E-state index contributed by atoms with van der Waals surface area (Å²) in [6, 6.07) is 8.49. The fourth-order valence-electron chi connectivity index (χ4n) is 4.12. The van der Waals surface area contributed by atoms with Gasteiger partial charge in [0.25, 0.3) is 10.0 Å². The predicted molar refractivity (Wildman–Crippen MR) is 135 cm³/mol. The van der Waals surface area contributed by atoms with E-state index in [9.17, 15) is 23.1 Å². The number of fused-ring (bicyclic) bond motifs is 1. The van der Waals surface area contributed by atoms with Gasteiger partial charge in [0.05, 0.1) is 16.2 Å². The fraction of sp³-hybridized carbons (Fsp3) is 0.261. The van der Waals surface area contributed by atoms with Crippen LogP contribution >= 0.6 is 11.6 Å². The van der Waals surface area contributed by atoms with Crippen LogP contribution in [-0.4, -0.2) is 61.1 Å². The van der Waals surface area contributed by atoms with E-state index in [0.717, 1.165) is 6.07 Å². The minimum Gasteiger partial charge on any atom is -0.477 e. The number of aromatic nitrogens is 1. The van der Waals surface area contributed by atoms with E-state index in [1.165, 1.54) is 30.5 Å². The Morgan fingerprint density at radius 2 is 1.86 bits per heavy atom. The molecule has 1 aromatic heterocycles. The van der Waals surface area contributed by atoms with Gasteiger partial charge in [-0.15, -0.1) is 4.40 Å². The van der Waals surface area contributed by atoms with Gasteiger partial charge in [0.1, 0.15) is 16.3 Å². The number of sulfonamides is 1. The van der Waals surface area contributed by atoms with Crippen molar-refractivity contribution in [1.82, 2.24) is 9.47 Å². The molecule has 3 N–H and O–H groups in total. The molecule has 36 heavy (non-hydrogen) atoms. The summed E-state index contributed by atoms with van der Waals surface area (Å²) in [5.41, 5.74) is 5.46. The van der Waals surface area contributed by atoms with Crippen molar-refractivity contribution in [2.24, 2.45) is 10.1 Å². The molecule has 0 saturated carbocycles. The normalized spacial score (nSPS) is 14.9. The minimum absolute atomic E-state index is 0.0159. The molecular weight excluding hydrogens is 513 g/mol. The Balaban J connectivity index is 1.59. The molecule has 190 valence electrons. The van der Waals surface area contributed by atoms with Gasteiger partial charge in [-0.05, 0) is 31.2 Å². The maximum atomic E-state index is 15.1. The van der Waals surface area contributed by atoms with Crippen LogP contribution in [0.3, 0.4) is 0 Å². The summed E-state index contributed by atoms with van der Waals surface area (Å²) < 4.78 is 45.6. The van der Waals surface area contributed by atoms with Crippen molar-refractivity contribution in [2.45, 2.75) is 18.4 Å². The van der Waals surface area contributed by atoms with Crippen molar-refractivity contribution in [3.8, 4) is 0 Å². The zero-order chi connectivity index (χ0) is 26.2. The standard InChI is InChI=1S/C23H23ClFN5O5S/c1-2-28-13-15(22(32)33)21(31)14-11-17(25)19(12-18(14)28)29-7-9-30(10-8-29)23(26)27-36(34,35)20-6-4-3-5-16(20)24/h3-6,11-13H,2,7-10H2,1H3,(H2,26,27)(H,32,33). The molecule has 4 rings (SSSR count). The van der Waals surface area contributed by atoms with E-state index >= 15 is 4.39 Å². The zero-order valence-corrected chi connectivity index (χ0v) is 20.8. The number of carboxylic acid groups (broad SMARTS) is 1. The summed E-state index contributed by atoms with van der Waals surface area (Å²) in [4.78, 5) is 27.2. The number of aromatic carboxylic acids is 1. The van der Waals surface area contributed by atoms with E-state index in [1.54, 1.807) is 27.4 Å². The third-order valence-corrected chi connectivity index (χ3v) is 7.77. The maximum Gasteiger partial charge on any atom is 0.341 e. The van der Waals surface area contributed by atoms with Gasteiger partial charge in [0.15, 0.2) is 0 Å². The van der Waals surface area contributed by atoms with Crippen LogP contribution in [0.5, 0.6) is 0 Å². The van der Waals surface area contributed by atoms with Crippen LogP contribution in [0.4, 0.5) is 10.1 Å². The largest absolute Gasteiger partial charge is 0.477 e. The smallest absolute Gasteiger partial charge is 0.341 e. The van der Waals surface area contributed by atoms with E-state index in [4.69, 9.17) is 17.3 Å². The van der Waals surface area contributed by atoms with Gasteiger partial charge in [-0.3, -0.25) is 4.79 Å². The van der Waals surface area contributed by atoms with Crippen LogP contribution in [0, 0.1) is 5.82 Å². The number of benzene rings is 2. The topological polar surface area (TPSA) is 138 Å². The van der Waals surface area contributed by atoms with Gasteiger partial charge < -0.3 is 25.2 Å². The summed E-state index contributed by atoms with van der Waals surface area (Å²) in [6.07, 6.45) is 1.25. The van der Waals surface area contributed by atoms with Gasteiger partial charge >= 0.3 is 5.97 Å². The molecular formula is C23H23ClFN5O5S. The first-order valence-corrected chi connectivity index (χ1v) is 12.8. The summed E-state index contributed by atoms with van der Waals surface area (Å²) >= 11 is 5.98. The van der Waals surface area contributed by atoms with Crippen LogP contribution in [0.25, 0.3) is 10.9 Å². The summed E-state index contributed by atoms with van der Waals surface area (Å²) in [6.45, 7) is 3.30. The maximum absolute atomic E-state index is 15.1. The lowest BCUT2D eigenvalue weighted by atomic mass is 10.1. The van der Waals surface area contributed by atoms with Gasteiger partial charge in [-0.2, -0.15) is 8.42 Å². The molecule has 13 heteroatoms. The number of hydrogen-bond acceptors (Lipinski definition) is 5. The highest BCUT2D eigenvalue weighted by Gasteiger charge is 2.25. The number of nitrogens with zero attached hydrogens (tertiary/aromatic N) is 4. The monoisotopic (exact) mass is 535 g/mol. The highest BCUT2D eigenvalue weighted by molar-refractivity contribution is 7.90. The number of nitrogens with two attached hydrogens (primary N) is 1. The van der Waals surface area contributed by atoms with Gasteiger partial charge in [0, 0.05) is 44.3 Å². The number of aryl methyl sites for hydroxylation is 1. The minimum atomic E-state index is -4.12. The molecule has 1 saturated heterocycles. The second kappa shape index (κ2) is 9.78.